The molecule has 0 bridgehead atoms. The van der Waals surface area contributed by atoms with Gasteiger partial charge in [-0.3, -0.25) is 4.90 Å². The van der Waals surface area contributed by atoms with Crippen LogP contribution < -0.4 is 0 Å². The Bertz CT molecular complexity index is 758. The minimum absolute atomic E-state index is 0.115. The fourth-order valence-corrected chi connectivity index (χ4v) is 4.15. The number of hydrogen-bond acceptors (Lipinski definition) is 5. The van der Waals surface area contributed by atoms with Gasteiger partial charge in [0, 0.05) is 31.1 Å². The number of hydrogen-bond donors (Lipinski definition) is 1. The van der Waals surface area contributed by atoms with Gasteiger partial charge >= 0.3 is 0 Å². The van der Waals surface area contributed by atoms with Crippen LogP contribution in [0.5, 0.6) is 0 Å². The third kappa shape index (κ3) is 2.99. The Balaban J connectivity index is 1.48. The second-order valence-corrected chi connectivity index (χ2v) is 7.32. The van der Waals surface area contributed by atoms with Gasteiger partial charge < -0.3 is 14.4 Å². The Morgan fingerprint density at radius 1 is 1.40 bits per heavy atom. The molecular formula is C19H23FN2O3. The summed E-state index contributed by atoms with van der Waals surface area (Å²) in [5.74, 6) is 0.702. The van der Waals surface area contributed by atoms with E-state index < -0.39 is 11.7 Å². The molecule has 2 aliphatic heterocycles. The zero-order valence-electron chi connectivity index (χ0n) is 14.5. The van der Waals surface area contributed by atoms with Crippen molar-refractivity contribution in [2.24, 2.45) is 0 Å². The number of ether oxygens (including phenoxy) is 1. The zero-order chi connectivity index (χ0) is 17.6. The summed E-state index contributed by atoms with van der Waals surface area (Å²) >= 11 is 0. The fraction of sp³-hybridized carbons (Fsp3) is 0.526. The first-order valence-electron chi connectivity index (χ1n) is 8.68. The van der Waals surface area contributed by atoms with Gasteiger partial charge in [0.2, 0.25) is 0 Å². The van der Waals surface area contributed by atoms with Crippen molar-refractivity contribution < 1.29 is 18.8 Å². The molecule has 5 nitrogen and oxygen atoms in total. The topological polar surface area (TPSA) is 58.7 Å². The largest absolute Gasteiger partial charge is 0.389 e. The Hall–Kier alpha value is -1.76. The van der Waals surface area contributed by atoms with Gasteiger partial charge in [-0.1, -0.05) is 17.3 Å². The van der Waals surface area contributed by atoms with E-state index in [1.165, 1.54) is 6.07 Å². The minimum Gasteiger partial charge on any atom is -0.389 e. The quantitative estimate of drug-likeness (QED) is 0.926. The molecule has 2 fully saturated rings. The average Bonchev–Trinajstić information content (AvgIpc) is 3.23. The molecule has 0 radical (unpaired) electrons. The monoisotopic (exact) mass is 346 g/mol. The number of aliphatic hydroxyl groups excluding tert-OH is 1. The highest BCUT2D eigenvalue weighted by atomic mass is 19.1. The highest BCUT2D eigenvalue weighted by molar-refractivity contribution is 5.25. The molecule has 3 heterocycles. The van der Waals surface area contributed by atoms with Gasteiger partial charge in [-0.15, -0.1) is 0 Å². The van der Waals surface area contributed by atoms with E-state index in [-0.39, 0.29) is 11.7 Å². The maximum atomic E-state index is 13.5. The molecule has 3 atom stereocenters. The molecule has 25 heavy (non-hydrogen) atoms. The summed E-state index contributed by atoms with van der Waals surface area (Å²) in [6.45, 7) is 6.25. The molecule has 2 aromatic rings. The minimum atomic E-state index is -0.573. The summed E-state index contributed by atoms with van der Waals surface area (Å²) in [7, 11) is 0. The van der Waals surface area contributed by atoms with E-state index in [0.717, 1.165) is 22.6 Å². The van der Waals surface area contributed by atoms with Crippen molar-refractivity contribution in [1.29, 1.82) is 0 Å². The molecule has 0 saturated carbocycles. The second kappa shape index (κ2) is 6.20. The predicted octanol–water partition coefficient (Wildman–Crippen LogP) is 2.55. The van der Waals surface area contributed by atoms with Crippen molar-refractivity contribution in [1.82, 2.24) is 10.1 Å². The molecule has 2 saturated heterocycles. The van der Waals surface area contributed by atoms with Gasteiger partial charge in [-0.25, -0.2) is 4.39 Å². The lowest BCUT2D eigenvalue weighted by Crippen LogP contribution is -2.41. The Morgan fingerprint density at radius 3 is 2.96 bits per heavy atom. The summed E-state index contributed by atoms with van der Waals surface area (Å²) in [5.41, 5.74) is 2.32. The lowest BCUT2D eigenvalue weighted by molar-refractivity contribution is -0.0594. The number of benzene rings is 1. The smallest absolute Gasteiger partial charge is 0.138 e. The summed E-state index contributed by atoms with van der Waals surface area (Å²) in [6.07, 6.45) is 0.155. The van der Waals surface area contributed by atoms with Crippen LogP contribution in [0.1, 0.15) is 34.9 Å². The average molecular weight is 346 g/mol. The van der Waals surface area contributed by atoms with E-state index >= 15 is 0 Å². The predicted molar refractivity (Wildman–Crippen MR) is 89.7 cm³/mol. The van der Waals surface area contributed by atoms with Gasteiger partial charge in [-0.2, -0.15) is 0 Å². The van der Waals surface area contributed by atoms with Crippen LogP contribution in [0.2, 0.25) is 0 Å². The molecule has 1 N–H and O–H groups in total. The zero-order valence-corrected chi connectivity index (χ0v) is 14.5. The molecule has 1 aromatic carbocycles. The van der Waals surface area contributed by atoms with Crippen molar-refractivity contribution in [3.05, 3.63) is 52.7 Å². The van der Waals surface area contributed by atoms with Crippen LogP contribution in [0.15, 0.2) is 28.8 Å². The summed E-state index contributed by atoms with van der Waals surface area (Å²) in [4.78, 5) is 2.19. The molecule has 2 aliphatic rings. The van der Waals surface area contributed by atoms with Crippen LogP contribution >= 0.6 is 0 Å². The maximum Gasteiger partial charge on any atom is 0.138 e. The number of aryl methyl sites for hydroxylation is 2. The SMILES string of the molecule is Cc1noc(C)c1CN1C[C@@H](O)[C@@]2(C[C@@H](c3cccc(F)c3)CO2)C1. The summed E-state index contributed by atoms with van der Waals surface area (Å²) in [6, 6.07) is 6.67. The van der Waals surface area contributed by atoms with Gasteiger partial charge in [0.15, 0.2) is 0 Å². The Kier molecular flexibility index (Phi) is 4.14. The first kappa shape index (κ1) is 16.7. The van der Waals surface area contributed by atoms with Crippen LogP contribution in [0.3, 0.4) is 0 Å². The Labute approximate surface area is 146 Å². The van der Waals surface area contributed by atoms with Crippen molar-refractivity contribution in [2.45, 2.75) is 44.4 Å². The lowest BCUT2D eigenvalue weighted by Gasteiger charge is -2.26. The number of rotatable bonds is 3. The van der Waals surface area contributed by atoms with Crippen LogP contribution in [0.4, 0.5) is 4.39 Å². The van der Waals surface area contributed by atoms with E-state index in [2.05, 4.69) is 10.1 Å². The molecule has 0 unspecified atom stereocenters. The molecule has 1 spiro atoms. The first-order chi connectivity index (χ1) is 12.0. The van der Waals surface area contributed by atoms with E-state index in [0.29, 0.717) is 32.7 Å². The van der Waals surface area contributed by atoms with E-state index in [1.54, 1.807) is 12.1 Å². The summed E-state index contributed by atoms with van der Waals surface area (Å²) in [5, 5.41) is 14.7. The summed E-state index contributed by atoms with van der Waals surface area (Å²) < 4.78 is 24.8. The van der Waals surface area contributed by atoms with E-state index in [1.807, 2.05) is 19.9 Å². The molecule has 0 aliphatic carbocycles. The lowest BCUT2D eigenvalue weighted by atomic mass is 9.87. The second-order valence-electron chi connectivity index (χ2n) is 7.32. The first-order valence-corrected chi connectivity index (χ1v) is 8.68. The van der Waals surface area contributed by atoms with Gasteiger partial charge in [0.25, 0.3) is 0 Å². The van der Waals surface area contributed by atoms with Crippen molar-refractivity contribution in [3.63, 3.8) is 0 Å². The van der Waals surface area contributed by atoms with Gasteiger partial charge in [0.1, 0.15) is 17.2 Å². The molecule has 1 aromatic heterocycles. The fourth-order valence-electron chi connectivity index (χ4n) is 4.15. The molecule has 4 rings (SSSR count). The Morgan fingerprint density at radius 2 is 2.24 bits per heavy atom. The number of halogens is 1. The standard InChI is InChI=1S/C19H23FN2O3/c1-12-17(13(2)25-21-12)8-22-9-18(23)19(11-22)7-15(10-24-19)14-4-3-5-16(20)6-14/h3-6,15,18,23H,7-11H2,1-2H3/t15-,18-,19-/m1/s1. The molecular weight excluding hydrogens is 323 g/mol. The molecule has 0 amide bonds. The van der Waals surface area contributed by atoms with Gasteiger partial charge in [0.05, 0.1) is 18.4 Å². The number of aliphatic hydroxyl groups is 1. The molecule has 134 valence electrons. The van der Waals surface area contributed by atoms with E-state index in [9.17, 15) is 9.50 Å². The van der Waals surface area contributed by atoms with Crippen LogP contribution in [-0.4, -0.2) is 46.6 Å². The third-order valence-corrected chi connectivity index (χ3v) is 5.58. The van der Waals surface area contributed by atoms with Crippen LogP contribution in [0, 0.1) is 19.7 Å². The highest BCUT2D eigenvalue weighted by Gasteiger charge is 2.52. The third-order valence-electron chi connectivity index (χ3n) is 5.58. The van der Waals surface area contributed by atoms with Crippen molar-refractivity contribution in [2.75, 3.05) is 19.7 Å². The van der Waals surface area contributed by atoms with Crippen LogP contribution in [0.25, 0.3) is 0 Å². The molecule has 6 heteroatoms. The normalized spacial score (nSPS) is 29.8. The van der Waals surface area contributed by atoms with E-state index in [4.69, 9.17) is 9.26 Å². The van der Waals surface area contributed by atoms with Gasteiger partial charge in [-0.05, 0) is 38.0 Å². The number of aromatic nitrogens is 1. The van der Waals surface area contributed by atoms with Crippen molar-refractivity contribution >= 4 is 0 Å². The highest BCUT2D eigenvalue weighted by Crippen LogP contribution is 2.42. The number of likely N-dealkylation sites (tertiary alicyclic amines) is 1. The number of β-amino-alcohol motifs (C(OH)–C–C–N with tert-alkyl or cyclic N) is 1. The maximum absolute atomic E-state index is 13.5. The van der Waals surface area contributed by atoms with Crippen LogP contribution in [-0.2, 0) is 11.3 Å². The van der Waals surface area contributed by atoms with Crippen molar-refractivity contribution in [3.8, 4) is 0 Å². The number of nitrogens with zero attached hydrogens (tertiary/aromatic N) is 2.